The van der Waals surface area contributed by atoms with Gasteiger partial charge in [-0.1, -0.05) is 13.3 Å². The molecule has 2 bridgehead atoms. The Morgan fingerprint density at radius 3 is 2.67 bits per heavy atom. The van der Waals surface area contributed by atoms with Crippen molar-refractivity contribution in [3.05, 3.63) is 0 Å². The number of hydrogen-bond donors (Lipinski definition) is 1. The van der Waals surface area contributed by atoms with Crippen LogP contribution in [0, 0.1) is 23.7 Å². The summed E-state index contributed by atoms with van der Waals surface area (Å²) in [4.78, 5) is 2.42. The summed E-state index contributed by atoms with van der Waals surface area (Å²) in [5.41, 5.74) is 0. The van der Waals surface area contributed by atoms with Crippen molar-refractivity contribution in [2.24, 2.45) is 23.7 Å². The van der Waals surface area contributed by atoms with E-state index in [2.05, 4.69) is 18.9 Å². The van der Waals surface area contributed by atoms with Gasteiger partial charge in [-0.3, -0.25) is 0 Å². The Bertz CT molecular complexity index is 207. The Hall–Kier alpha value is -0.0800. The summed E-state index contributed by atoms with van der Waals surface area (Å²) >= 11 is 0. The largest absolute Gasteiger partial charge is 0.396 e. The second-order valence-corrected chi connectivity index (χ2v) is 5.94. The third-order valence-corrected chi connectivity index (χ3v) is 4.37. The van der Waals surface area contributed by atoms with Gasteiger partial charge in [0.2, 0.25) is 0 Å². The van der Waals surface area contributed by atoms with E-state index in [1.165, 1.54) is 32.2 Å². The Morgan fingerprint density at radius 1 is 1.33 bits per heavy atom. The number of aliphatic hydroxyl groups excluding tert-OH is 1. The molecule has 0 aromatic carbocycles. The van der Waals surface area contributed by atoms with Gasteiger partial charge < -0.3 is 10.0 Å². The topological polar surface area (TPSA) is 23.5 Å². The normalized spacial score (nSPS) is 36.4. The minimum atomic E-state index is 0.320. The maximum absolute atomic E-state index is 9.02. The number of hydrogen-bond acceptors (Lipinski definition) is 2. The van der Waals surface area contributed by atoms with Crippen molar-refractivity contribution < 1.29 is 5.11 Å². The summed E-state index contributed by atoms with van der Waals surface area (Å²) in [6.07, 6.45) is 5.97. The van der Waals surface area contributed by atoms with E-state index >= 15 is 0 Å². The van der Waals surface area contributed by atoms with Crippen molar-refractivity contribution in [3.63, 3.8) is 0 Å². The lowest BCUT2D eigenvalue weighted by Crippen LogP contribution is -2.32. The van der Waals surface area contributed by atoms with E-state index in [1.807, 2.05) is 0 Å². The van der Waals surface area contributed by atoms with E-state index in [1.54, 1.807) is 0 Å². The average molecular weight is 211 g/mol. The second-order valence-electron chi connectivity index (χ2n) is 5.94. The van der Waals surface area contributed by atoms with Gasteiger partial charge in [0.05, 0.1) is 0 Å². The molecule has 0 saturated heterocycles. The first-order valence-corrected chi connectivity index (χ1v) is 6.48. The van der Waals surface area contributed by atoms with Gasteiger partial charge in [-0.25, -0.2) is 0 Å². The monoisotopic (exact) mass is 211 g/mol. The molecule has 2 nitrogen and oxygen atoms in total. The lowest BCUT2D eigenvalue weighted by molar-refractivity contribution is 0.162. The zero-order valence-corrected chi connectivity index (χ0v) is 10.2. The number of rotatable bonds is 5. The van der Waals surface area contributed by atoms with Gasteiger partial charge in [0.15, 0.2) is 0 Å². The predicted octanol–water partition coefficient (Wildman–Crippen LogP) is 1.98. The third-order valence-electron chi connectivity index (χ3n) is 4.37. The molecule has 88 valence electrons. The molecule has 2 fully saturated rings. The van der Waals surface area contributed by atoms with Crippen LogP contribution in [0.2, 0.25) is 0 Å². The van der Waals surface area contributed by atoms with Crippen molar-refractivity contribution in [1.29, 1.82) is 0 Å². The molecule has 0 radical (unpaired) electrons. The van der Waals surface area contributed by atoms with Gasteiger partial charge >= 0.3 is 0 Å². The zero-order chi connectivity index (χ0) is 10.8. The van der Waals surface area contributed by atoms with Gasteiger partial charge in [0.1, 0.15) is 0 Å². The summed E-state index contributed by atoms with van der Waals surface area (Å²) in [5, 5.41) is 9.02. The highest BCUT2D eigenvalue weighted by atomic mass is 16.3. The molecule has 0 heterocycles. The highest BCUT2D eigenvalue weighted by Crippen LogP contribution is 2.48. The summed E-state index contributed by atoms with van der Waals surface area (Å²) in [7, 11) is 2.21. The molecule has 2 aliphatic rings. The maximum atomic E-state index is 9.02. The van der Waals surface area contributed by atoms with Gasteiger partial charge in [-0.15, -0.1) is 0 Å². The first kappa shape index (κ1) is 11.4. The quantitative estimate of drug-likeness (QED) is 0.751. The van der Waals surface area contributed by atoms with Crippen molar-refractivity contribution in [3.8, 4) is 0 Å². The van der Waals surface area contributed by atoms with Crippen LogP contribution in [-0.2, 0) is 0 Å². The van der Waals surface area contributed by atoms with E-state index in [9.17, 15) is 0 Å². The minimum absolute atomic E-state index is 0.320. The van der Waals surface area contributed by atoms with Crippen LogP contribution in [0.5, 0.6) is 0 Å². The first-order valence-electron chi connectivity index (χ1n) is 6.48. The fourth-order valence-electron chi connectivity index (χ4n) is 3.66. The third kappa shape index (κ3) is 2.73. The molecule has 4 atom stereocenters. The van der Waals surface area contributed by atoms with E-state index in [4.69, 9.17) is 5.11 Å². The Labute approximate surface area is 93.7 Å². The van der Waals surface area contributed by atoms with Crippen molar-refractivity contribution in [2.75, 3.05) is 26.7 Å². The van der Waals surface area contributed by atoms with Crippen LogP contribution in [0.4, 0.5) is 0 Å². The zero-order valence-electron chi connectivity index (χ0n) is 10.2. The van der Waals surface area contributed by atoms with Crippen LogP contribution >= 0.6 is 0 Å². The summed E-state index contributed by atoms with van der Waals surface area (Å²) < 4.78 is 0. The molecule has 0 aliphatic heterocycles. The summed E-state index contributed by atoms with van der Waals surface area (Å²) in [5.74, 6) is 3.47. The predicted molar refractivity (Wildman–Crippen MR) is 62.7 cm³/mol. The van der Waals surface area contributed by atoms with Crippen LogP contribution in [-0.4, -0.2) is 36.8 Å². The average Bonchev–Trinajstić information content (AvgIpc) is 2.78. The van der Waals surface area contributed by atoms with Gasteiger partial charge in [0.25, 0.3) is 0 Å². The summed E-state index contributed by atoms with van der Waals surface area (Å²) in [6.45, 7) is 4.74. The van der Waals surface area contributed by atoms with Gasteiger partial charge in [0, 0.05) is 19.7 Å². The Morgan fingerprint density at radius 2 is 2.13 bits per heavy atom. The lowest BCUT2D eigenvalue weighted by Gasteiger charge is -2.28. The van der Waals surface area contributed by atoms with Crippen molar-refractivity contribution in [2.45, 2.75) is 32.6 Å². The van der Waals surface area contributed by atoms with E-state index < -0.39 is 0 Å². The molecule has 15 heavy (non-hydrogen) atoms. The number of aliphatic hydroxyl groups is 1. The van der Waals surface area contributed by atoms with E-state index in [0.29, 0.717) is 12.5 Å². The summed E-state index contributed by atoms with van der Waals surface area (Å²) in [6, 6.07) is 0. The molecule has 0 amide bonds. The smallest absolute Gasteiger partial charge is 0.0468 e. The number of fused-ring (bicyclic) bond motifs is 2. The molecule has 0 spiro atoms. The minimum Gasteiger partial charge on any atom is -0.396 e. The van der Waals surface area contributed by atoms with Crippen molar-refractivity contribution >= 4 is 0 Å². The molecule has 2 rings (SSSR count). The number of nitrogens with zero attached hydrogens (tertiary/aromatic N) is 1. The molecule has 1 N–H and O–H groups in total. The molecule has 0 aromatic heterocycles. The van der Waals surface area contributed by atoms with Crippen molar-refractivity contribution in [1.82, 2.24) is 4.90 Å². The molecule has 2 saturated carbocycles. The fourth-order valence-corrected chi connectivity index (χ4v) is 3.66. The standard InChI is InChI=1S/C13H25NO/c1-10(9-15)7-14(2)8-13-6-11-3-4-12(13)5-11/h10-13,15H,3-9H2,1-2H3. The van der Waals surface area contributed by atoms with E-state index in [-0.39, 0.29) is 0 Å². The van der Waals surface area contributed by atoms with Crippen LogP contribution in [0.3, 0.4) is 0 Å². The maximum Gasteiger partial charge on any atom is 0.0468 e. The lowest BCUT2D eigenvalue weighted by atomic mass is 9.88. The molecule has 4 unspecified atom stereocenters. The highest BCUT2D eigenvalue weighted by Gasteiger charge is 2.39. The van der Waals surface area contributed by atoms with Gasteiger partial charge in [-0.2, -0.15) is 0 Å². The molecular weight excluding hydrogens is 186 g/mol. The highest BCUT2D eigenvalue weighted by molar-refractivity contribution is 4.90. The Kier molecular flexibility index (Phi) is 3.68. The molecule has 2 aliphatic carbocycles. The van der Waals surface area contributed by atoms with Gasteiger partial charge in [-0.05, 0) is 50.0 Å². The Balaban J connectivity index is 1.72. The molecular formula is C13H25NO. The van der Waals surface area contributed by atoms with E-state index in [0.717, 1.165) is 24.3 Å². The molecule has 0 aromatic rings. The SMILES string of the molecule is CC(CO)CN(C)CC1CC2CCC1C2. The van der Waals surface area contributed by atoms with Crippen LogP contribution < -0.4 is 0 Å². The van der Waals surface area contributed by atoms with Crippen LogP contribution in [0.25, 0.3) is 0 Å². The second kappa shape index (κ2) is 4.84. The molecule has 2 heteroatoms. The van der Waals surface area contributed by atoms with Crippen LogP contribution in [0.15, 0.2) is 0 Å². The first-order chi connectivity index (χ1) is 7.19. The van der Waals surface area contributed by atoms with Crippen LogP contribution in [0.1, 0.15) is 32.6 Å². The fraction of sp³-hybridized carbons (Fsp3) is 1.00.